The molecule has 0 bridgehead atoms. The minimum Gasteiger partial charge on any atom is -0.287 e. The van der Waals surface area contributed by atoms with Gasteiger partial charge in [-0.15, -0.1) is 0 Å². The van der Waals surface area contributed by atoms with Crippen LogP contribution in [-0.4, -0.2) is 12.5 Å². The van der Waals surface area contributed by atoms with Crippen molar-refractivity contribution in [2.75, 3.05) is 6.54 Å². The van der Waals surface area contributed by atoms with E-state index >= 15 is 0 Å². The number of hydrogen-bond acceptors (Lipinski definition) is 2. The summed E-state index contributed by atoms with van der Waals surface area (Å²) in [4.78, 5) is 11.7. The molecule has 3 rings (SSSR count). The van der Waals surface area contributed by atoms with Crippen molar-refractivity contribution in [1.29, 1.82) is 0 Å². The van der Waals surface area contributed by atoms with Crippen molar-refractivity contribution in [2.24, 2.45) is 0 Å². The van der Waals surface area contributed by atoms with Crippen molar-refractivity contribution in [3.05, 3.63) is 53.1 Å². The average Bonchev–Trinajstić information content (AvgIpc) is 2.93. The number of hydrazine groups is 1. The maximum absolute atomic E-state index is 11.7. The standard InChI is InChI=1S/C19H22N2O/c1-2-3-4-6-14-9-10-18-15(11-14)7-5-8-16(18)12-17-13-20-21-19(17)22/h5,7-12,20H,2-4,6,13H2,1H3,(H,21,22)/b17-12+. The van der Waals surface area contributed by atoms with Gasteiger partial charge in [-0.25, -0.2) is 5.43 Å². The molecule has 0 saturated carbocycles. The molecule has 22 heavy (non-hydrogen) atoms. The summed E-state index contributed by atoms with van der Waals surface area (Å²) in [6, 6.07) is 13.0. The first kappa shape index (κ1) is 14.8. The highest BCUT2D eigenvalue weighted by atomic mass is 16.2. The van der Waals surface area contributed by atoms with Gasteiger partial charge in [-0.2, -0.15) is 0 Å². The van der Waals surface area contributed by atoms with Gasteiger partial charge in [-0.3, -0.25) is 10.2 Å². The van der Waals surface area contributed by atoms with Crippen molar-refractivity contribution >= 4 is 22.8 Å². The molecule has 2 N–H and O–H groups in total. The maximum atomic E-state index is 11.7. The number of hydrogen-bond donors (Lipinski definition) is 2. The monoisotopic (exact) mass is 294 g/mol. The lowest BCUT2D eigenvalue weighted by atomic mass is 9.98. The summed E-state index contributed by atoms with van der Waals surface area (Å²) in [5, 5.41) is 2.45. The molecule has 3 heteroatoms. The Morgan fingerprint density at radius 2 is 2.09 bits per heavy atom. The SMILES string of the molecule is CCCCCc1ccc2c(/C=C3\CNNC3=O)cccc2c1. The Kier molecular flexibility index (Phi) is 4.54. The summed E-state index contributed by atoms with van der Waals surface area (Å²) < 4.78 is 0. The number of carbonyl (C=O) groups excluding carboxylic acids is 1. The van der Waals surface area contributed by atoms with Crippen molar-refractivity contribution in [1.82, 2.24) is 10.9 Å². The van der Waals surface area contributed by atoms with E-state index in [1.165, 1.54) is 35.6 Å². The third-order valence-electron chi connectivity index (χ3n) is 4.15. The zero-order valence-electron chi connectivity index (χ0n) is 13.0. The number of aryl methyl sites for hydroxylation is 1. The van der Waals surface area contributed by atoms with E-state index in [-0.39, 0.29) is 5.91 Å². The fraction of sp³-hybridized carbons (Fsp3) is 0.316. The Labute approximate surface area is 131 Å². The van der Waals surface area contributed by atoms with Crippen LogP contribution in [0.1, 0.15) is 37.3 Å². The molecule has 3 nitrogen and oxygen atoms in total. The first-order valence-corrected chi connectivity index (χ1v) is 8.03. The van der Waals surface area contributed by atoms with Gasteiger partial charge in [0.15, 0.2) is 0 Å². The number of unbranched alkanes of at least 4 members (excludes halogenated alkanes) is 2. The topological polar surface area (TPSA) is 41.1 Å². The van der Waals surface area contributed by atoms with Crippen molar-refractivity contribution in [3.63, 3.8) is 0 Å². The van der Waals surface area contributed by atoms with Gasteiger partial charge < -0.3 is 0 Å². The highest BCUT2D eigenvalue weighted by molar-refractivity contribution is 6.02. The van der Waals surface area contributed by atoms with E-state index < -0.39 is 0 Å². The molecule has 1 fully saturated rings. The van der Waals surface area contributed by atoms with Gasteiger partial charge in [-0.05, 0) is 40.8 Å². The van der Waals surface area contributed by atoms with E-state index in [2.05, 4.69) is 54.2 Å². The lowest BCUT2D eigenvalue weighted by Gasteiger charge is -2.07. The minimum atomic E-state index is -0.0341. The van der Waals surface area contributed by atoms with Gasteiger partial charge in [0.2, 0.25) is 0 Å². The Morgan fingerprint density at radius 3 is 2.86 bits per heavy atom. The van der Waals surface area contributed by atoms with Gasteiger partial charge in [0.25, 0.3) is 5.91 Å². The van der Waals surface area contributed by atoms with Crippen LogP contribution in [0.4, 0.5) is 0 Å². The molecule has 0 aromatic heterocycles. The molecule has 1 aliphatic heterocycles. The Morgan fingerprint density at radius 1 is 1.18 bits per heavy atom. The summed E-state index contributed by atoms with van der Waals surface area (Å²) >= 11 is 0. The Bertz CT molecular complexity index is 718. The van der Waals surface area contributed by atoms with Crippen LogP contribution in [0.2, 0.25) is 0 Å². The number of fused-ring (bicyclic) bond motifs is 1. The van der Waals surface area contributed by atoms with Crippen LogP contribution in [0.3, 0.4) is 0 Å². The molecule has 0 aliphatic carbocycles. The molecule has 2 aromatic rings. The second-order valence-corrected chi connectivity index (χ2v) is 5.84. The molecule has 2 aromatic carbocycles. The molecule has 1 amide bonds. The summed E-state index contributed by atoms with van der Waals surface area (Å²) in [7, 11) is 0. The number of nitrogens with one attached hydrogen (secondary N) is 2. The van der Waals surface area contributed by atoms with E-state index in [1.807, 2.05) is 6.08 Å². The second kappa shape index (κ2) is 6.75. The summed E-state index contributed by atoms with van der Waals surface area (Å²) in [5.41, 5.74) is 8.75. The van der Waals surface area contributed by atoms with Crippen LogP contribution in [0, 0.1) is 0 Å². The van der Waals surface area contributed by atoms with Crippen LogP contribution >= 0.6 is 0 Å². The summed E-state index contributed by atoms with van der Waals surface area (Å²) in [6.07, 6.45) is 6.90. The molecule has 0 radical (unpaired) electrons. The van der Waals surface area contributed by atoms with Crippen molar-refractivity contribution in [3.8, 4) is 0 Å². The van der Waals surface area contributed by atoms with Crippen LogP contribution < -0.4 is 10.9 Å². The third kappa shape index (κ3) is 3.20. The predicted molar refractivity (Wildman–Crippen MR) is 91.3 cm³/mol. The molecule has 1 heterocycles. The minimum absolute atomic E-state index is 0.0341. The number of rotatable bonds is 5. The lowest BCUT2D eigenvalue weighted by molar-refractivity contribution is -0.116. The molecule has 0 unspecified atom stereocenters. The molecule has 0 spiro atoms. The summed E-state index contributed by atoms with van der Waals surface area (Å²) in [6.45, 7) is 2.80. The number of benzene rings is 2. The Hall–Kier alpha value is -2.13. The van der Waals surface area contributed by atoms with Crippen LogP contribution in [0.25, 0.3) is 16.8 Å². The first-order chi connectivity index (χ1) is 10.8. The molecular formula is C19H22N2O. The van der Waals surface area contributed by atoms with Crippen LogP contribution in [-0.2, 0) is 11.2 Å². The zero-order valence-corrected chi connectivity index (χ0v) is 13.0. The largest absolute Gasteiger partial charge is 0.287 e. The van der Waals surface area contributed by atoms with Gasteiger partial charge in [-0.1, -0.05) is 56.2 Å². The molecule has 114 valence electrons. The normalized spacial score (nSPS) is 16.4. The van der Waals surface area contributed by atoms with Gasteiger partial charge >= 0.3 is 0 Å². The van der Waals surface area contributed by atoms with E-state index in [4.69, 9.17) is 0 Å². The van der Waals surface area contributed by atoms with Crippen LogP contribution in [0.5, 0.6) is 0 Å². The van der Waals surface area contributed by atoms with Crippen LogP contribution in [0.15, 0.2) is 42.0 Å². The van der Waals surface area contributed by atoms with Gasteiger partial charge in [0.05, 0.1) is 0 Å². The number of carbonyl (C=O) groups is 1. The zero-order chi connectivity index (χ0) is 15.4. The first-order valence-electron chi connectivity index (χ1n) is 8.03. The third-order valence-corrected chi connectivity index (χ3v) is 4.15. The molecule has 0 atom stereocenters. The lowest BCUT2D eigenvalue weighted by Crippen LogP contribution is -2.25. The smallest absolute Gasteiger partial charge is 0.262 e. The second-order valence-electron chi connectivity index (χ2n) is 5.84. The number of amides is 1. The van der Waals surface area contributed by atoms with Gasteiger partial charge in [0, 0.05) is 12.1 Å². The predicted octanol–water partition coefficient (Wildman–Crippen LogP) is 3.59. The van der Waals surface area contributed by atoms with Crippen molar-refractivity contribution < 1.29 is 4.79 Å². The average molecular weight is 294 g/mol. The fourth-order valence-electron chi connectivity index (χ4n) is 2.90. The quantitative estimate of drug-likeness (QED) is 0.653. The Balaban J connectivity index is 1.90. The summed E-state index contributed by atoms with van der Waals surface area (Å²) in [5.74, 6) is -0.0341. The van der Waals surface area contributed by atoms with Gasteiger partial charge in [0.1, 0.15) is 0 Å². The highest BCUT2D eigenvalue weighted by Crippen LogP contribution is 2.23. The highest BCUT2D eigenvalue weighted by Gasteiger charge is 2.15. The molecular weight excluding hydrogens is 272 g/mol. The van der Waals surface area contributed by atoms with E-state index in [9.17, 15) is 4.79 Å². The molecule has 1 aliphatic rings. The maximum Gasteiger partial charge on any atom is 0.262 e. The molecule has 1 saturated heterocycles. The van der Waals surface area contributed by atoms with Crippen molar-refractivity contribution in [2.45, 2.75) is 32.6 Å². The van der Waals surface area contributed by atoms with E-state index in [1.54, 1.807) is 0 Å². The fourth-order valence-corrected chi connectivity index (χ4v) is 2.90. The van der Waals surface area contributed by atoms with E-state index in [0.717, 1.165) is 17.6 Å². The van der Waals surface area contributed by atoms with E-state index in [0.29, 0.717) is 6.54 Å².